The first-order valence-corrected chi connectivity index (χ1v) is 11.8. The van der Waals surface area contributed by atoms with Gasteiger partial charge in [0.2, 0.25) is 0 Å². The highest BCUT2D eigenvalue weighted by atomic mass is 79.9. The number of halogens is 2. The van der Waals surface area contributed by atoms with Gasteiger partial charge in [-0.3, -0.25) is 4.79 Å². The van der Waals surface area contributed by atoms with Gasteiger partial charge in [0.1, 0.15) is 11.4 Å². The molecule has 1 aromatic heterocycles. The Labute approximate surface area is 176 Å². The highest BCUT2D eigenvalue weighted by Gasteiger charge is 2.36. The minimum atomic E-state index is -3.20. The SMILES string of the molecule is Cc1c(C(=O)N(Cc2cccc(F)c2)[C@H]2CCS(=O)(=O)C2)oc2cc(Br)ccc12. The molecule has 1 saturated heterocycles. The van der Waals surface area contributed by atoms with Crippen molar-refractivity contribution in [1.29, 1.82) is 0 Å². The van der Waals surface area contributed by atoms with Crippen LogP contribution in [0.4, 0.5) is 4.39 Å². The number of carbonyl (C=O) groups excluding carboxylic acids is 1. The number of aryl methyl sites for hydroxylation is 1. The summed E-state index contributed by atoms with van der Waals surface area (Å²) < 4.78 is 44.4. The van der Waals surface area contributed by atoms with Gasteiger partial charge in [0, 0.05) is 28.0 Å². The summed E-state index contributed by atoms with van der Waals surface area (Å²) in [5.41, 5.74) is 1.87. The number of hydrogen-bond acceptors (Lipinski definition) is 4. The lowest BCUT2D eigenvalue weighted by molar-refractivity contribution is 0.0649. The molecule has 0 unspecified atom stereocenters. The van der Waals surface area contributed by atoms with Gasteiger partial charge in [0.05, 0.1) is 11.5 Å². The van der Waals surface area contributed by atoms with Crippen LogP contribution in [-0.2, 0) is 16.4 Å². The maximum absolute atomic E-state index is 13.7. The van der Waals surface area contributed by atoms with Crippen LogP contribution in [0.3, 0.4) is 0 Å². The third-order valence-electron chi connectivity index (χ3n) is 5.25. The smallest absolute Gasteiger partial charge is 0.290 e. The van der Waals surface area contributed by atoms with Gasteiger partial charge >= 0.3 is 0 Å². The summed E-state index contributed by atoms with van der Waals surface area (Å²) in [6, 6.07) is 11.0. The van der Waals surface area contributed by atoms with Gasteiger partial charge in [-0.15, -0.1) is 0 Å². The summed E-state index contributed by atoms with van der Waals surface area (Å²) in [6.07, 6.45) is 0.355. The Balaban J connectivity index is 1.74. The molecule has 1 amide bonds. The van der Waals surface area contributed by atoms with E-state index in [1.807, 2.05) is 12.1 Å². The standard InChI is InChI=1S/C21H19BrFNO4S/c1-13-18-6-5-15(22)10-19(18)28-20(13)21(25)24(17-7-8-29(26,27)12-17)11-14-3-2-4-16(23)9-14/h2-6,9-10,17H,7-8,11-12H2,1H3/t17-/m0/s1. The second-order valence-electron chi connectivity index (χ2n) is 7.32. The van der Waals surface area contributed by atoms with Crippen LogP contribution in [0.25, 0.3) is 11.0 Å². The fraction of sp³-hybridized carbons (Fsp3) is 0.286. The van der Waals surface area contributed by atoms with Gasteiger partial charge in [0.25, 0.3) is 5.91 Å². The molecular weight excluding hydrogens is 461 g/mol. The van der Waals surface area contributed by atoms with Crippen molar-refractivity contribution in [1.82, 2.24) is 4.90 Å². The van der Waals surface area contributed by atoms with Crippen LogP contribution in [-0.4, -0.2) is 36.8 Å². The van der Waals surface area contributed by atoms with Crippen molar-refractivity contribution in [3.05, 3.63) is 69.6 Å². The molecule has 8 heteroatoms. The van der Waals surface area contributed by atoms with E-state index in [1.54, 1.807) is 25.1 Å². The molecule has 1 aliphatic heterocycles. The van der Waals surface area contributed by atoms with Gasteiger partial charge in [0.15, 0.2) is 15.6 Å². The molecule has 5 nitrogen and oxygen atoms in total. The predicted octanol–water partition coefficient (Wildman–Crippen LogP) is 4.47. The molecule has 0 spiro atoms. The summed E-state index contributed by atoms with van der Waals surface area (Å²) in [5.74, 6) is -0.672. The summed E-state index contributed by atoms with van der Waals surface area (Å²) in [6.45, 7) is 1.91. The second kappa shape index (κ2) is 7.57. The molecule has 3 aromatic rings. The van der Waals surface area contributed by atoms with E-state index >= 15 is 0 Å². The first-order chi connectivity index (χ1) is 13.7. The number of carbonyl (C=O) groups is 1. The van der Waals surface area contributed by atoms with Crippen LogP contribution >= 0.6 is 15.9 Å². The van der Waals surface area contributed by atoms with E-state index in [9.17, 15) is 17.6 Å². The van der Waals surface area contributed by atoms with E-state index in [2.05, 4.69) is 15.9 Å². The number of sulfone groups is 1. The Kier molecular flexibility index (Phi) is 5.25. The summed E-state index contributed by atoms with van der Waals surface area (Å²) in [4.78, 5) is 14.9. The van der Waals surface area contributed by atoms with Crippen molar-refractivity contribution < 1.29 is 22.0 Å². The zero-order chi connectivity index (χ0) is 20.8. The van der Waals surface area contributed by atoms with E-state index in [4.69, 9.17) is 4.42 Å². The number of fused-ring (bicyclic) bond motifs is 1. The lowest BCUT2D eigenvalue weighted by Gasteiger charge is -2.28. The van der Waals surface area contributed by atoms with E-state index in [1.165, 1.54) is 17.0 Å². The van der Waals surface area contributed by atoms with E-state index in [-0.39, 0.29) is 29.7 Å². The Morgan fingerprint density at radius 2 is 2.07 bits per heavy atom. The Morgan fingerprint density at radius 3 is 2.76 bits per heavy atom. The highest BCUT2D eigenvalue weighted by molar-refractivity contribution is 9.10. The molecule has 4 rings (SSSR count). The average molecular weight is 480 g/mol. The first kappa shape index (κ1) is 20.1. The summed E-state index contributed by atoms with van der Waals surface area (Å²) in [5, 5.41) is 0.821. The number of benzene rings is 2. The van der Waals surface area contributed by atoms with Gasteiger partial charge < -0.3 is 9.32 Å². The van der Waals surface area contributed by atoms with Gasteiger partial charge in [-0.1, -0.05) is 28.1 Å². The van der Waals surface area contributed by atoms with Gasteiger partial charge in [-0.2, -0.15) is 0 Å². The Bertz CT molecular complexity index is 1200. The van der Waals surface area contributed by atoms with Crippen LogP contribution < -0.4 is 0 Å². The largest absolute Gasteiger partial charge is 0.451 e. The maximum Gasteiger partial charge on any atom is 0.290 e. The van der Waals surface area contributed by atoms with Crippen LogP contribution in [0.1, 0.15) is 28.1 Å². The Morgan fingerprint density at radius 1 is 1.28 bits per heavy atom. The number of amides is 1. The molecule has 1 atom stereocenters. The zero-order valence-electron chi connectivity index (χ0n) is 15.7. The van der Waals surface area contributed by atoms with Crippen molar-refractivity contribution in [2.24, 2.45) is 0 Å². The number of rotatable bonds is 4. The molecular formula is C21H19BrFNO4S. The predicted molar refractivity (Wildman–Crippen MR) is 112 cm³/mol. The molecule has 0 saturated carbocycles. The average Bonchev–Trinajstić information content (AvgIpc) is 3.18. The van der Waals surface area contributed by atoms with Crippen LogP contribution in [0, 0.1) is 12.7 Å². The maximum atomic E-state index is 13.7. The highest BCUT2D eigenvalue weighted by Crippen LogP contribution is 2.30. The van der Waals surface area contributed by atoms with Crippen LogP contribution in [0.5, 0.6) is 0 Å². The quantitative estimate of drug-likeness (QED) is 0.553. The number of hydrogen-bond donors (Lipinski definition) is 0. The molecule has 0 radical (unpaired) electrons. The van der Waals surface area contributed by atoms with Crippen molar-refractivity contribution in [3.8, 4) is 0 Å². The molecule has 152 valence electrons. The third-order valence-corrected chi connectivity index (χ3v) is 7.49. The van der Waals surface area contributed by atoms with E-state index in [0.717, 1.165) is 9.86 Å². The van der Waals surface area contributed by atoms with Gasteiger partial charge in [-0.25, -0.2) is 12.8 Å². The monoisotopic (exact) mass is 479 g/mol. The molecule has 0 N–H and O–H groups in total. The molecule has 2 aromatic carbocycles. The molecule has 2 heterocycles. The van der Waals surface area contributed by atoms with E-state index in [0.29, 0.717) is 23.1 Å². The van der Waals surface area contributed by atoms with Crippen LogP contribution in [0.15, 0.2) is 51.4 Å². The Hall–Kier alpha value is -2.19. The zero-order valence-corrected chi connectivity index (χ0v) is 18.1. The van der Waals surface area contributed by atoms with Gasteiger partial charge in [-0.05, 0) is 49.2 Å². The first-order valence-electron chi connectivity index (χ1n) is 9.18. The minimum Gasteiger partial charge on any atom is -0.451 e. The van der Waals surface area contributed by atoms with Crippen molar-refractivity contribution in [2.45, 2.75) is 25.9 Å². The van der Waals surface area contributed by atoms with E-state index < -0.39 is 21.7 Å². The number of nitrogens with zero attached hydrogens (tertiary/aromatic N) is 1. The van der Waals surface area contributed by atoms with Crippen molar-refractivity contribution in [3.63, 3.8) is 0 Å². The molecule has 29 heavy (non-hydrogen) atoms. The van der Waals surface area contributed by atoms with Crippen molar-refractivity contribution >= 4 is 42.6 Å². The third kappa shape index (κ3) is 4.09. The second-order valence-corrected chi connectivity index (χ2v) is 10.5. The lowest BCUT2D eigenvalue weighted by Crippen LogP contribution is -2.40. The molecule has 1 fully saturated rings. The number of furan rings is 1. The fourth-order valence-corrected chi connectivity index (χ4v) is 5.82. The lowest BCUT2D eigenvalue weighted by atomic mass is 10.1. The summed E-state index contributed by atoms with van der Waals surface area (Å²) >= 11 is 3.39. The normalized spacial score (nSPS) is 18.2. The van der Waals surface area contributed by atoms with Crippen LogP contribution in [0.2, 0.25) is 0 Å². The fourth-order valence-electron chi connectivity index (χ4n) is 3.75. The molecule has 0 bridgehead atoms. The summed E-state index contributed by atoms with van der Waals surface area (Å²) in [7, 11) is -3.20. The molecule has 0 aliphatic carbocycles. The minimum absolute atomic E-state index is 0.0383. The topological polar surface area (TPSA) is 67.6 Å². The molecule has 1 aliphatic rings. The van der Waals surface area contributed by atoms with Crippen molar-refractivity contribution in [2.75, 3.05) is 11.5 Å².